The Hall–Kier alpha value is -2.41. The number of aromatic nitrogens is 2. The van der Waals surface area contributed by atoms with Gasteiger partial charge < -0.3 is 9.64 Å². The van der Waals surface area contributed by atoms with Crippen molar-refractivity contribution in [2.45, 2.75) is 0 Å². The highest BCUT2D eigenvalue weighted by Crippen LogP contribution is 2.36. The normalized spacial score (nSPS) is 10.2. The molecule has 0 N–H and O–H groups in total. The van der Waals surface area contributed by atoms with E-state index < -0.39 is 4.92 Å². The first-order chi connectivity index (χ1) is 9.54. The highest BCUT2D eigenvalue weighted by Gasteiger charge is 2.21. The predicted molar refractivity (Wildman–Crippen MR) is 74.8 cm³/mol. The summed E-state index contributed by atoms with van der Waals surface area (Å²) < 4.78 is 5.09. The van der Waals surface area contributed by atoms with E-state index in [1.807, 2.05) is 0 Å². The fourth-order valence-electron chi connectivity index (χ4n) is 1.71. The van der Waals surface area contributed by atoms with Gasteiger partial charge in [-0.25, -0.2) is 9.97 Å². The molecule has 0 aliphatic heterocycles. The number of halogens is 1. The molecule has 0 atom stereocenters. The van der Waals surface area contributed by atoms with Crippen LogP contribution in [0.15, 0.2) is 30.6 Å². The van der Waals surface area contributed by atoms with Gasteiger partial charge in [0.25, 0.3) is 5.69 Å². The summed E-state index contributed by atoms with van der Waals surface area (Å²) in [6.45, 7) is 0. The number of nitro groups is 1. The van der Waals surface area contributed by atoms with Gasteiger partial charge in [-0.1, -0.05) is 11.6 Å². The van der Waals surface area contributed by atoms with Crippen molar-refractivity contribution in [2.75, 3.05) is 19.1 Å². The third kappa shape index (κ3) is 2.62. The van der Waals surface area contributed by atoms with Crippen LogP contribution >= 0.6 is 11.6 Å². The fourth-order valence-corrected chi connectivity index (χ4v) is 1.94. The topological polar surface area (TPSA) is 81.4 Å². The maximum atomic E-state index is 11.1. The van der Waals surface area contributed by atoms with Gasteiger partial charge in [0.05, 0.1) is 12.0 Å². The quantitative estimate of drug-likeness (QED) is 0.637. The molecule has 0 amide bonds. The maximum absolute atomic E-state index is 11.1. The second-order valence-electron chi connectivity index (χ2n) is 3.84. The van der Waals surface area contributed by atoms with Crippen LogP contribution in [-0.4, -0.2) is 29.0 Å². The summed E-state index contributed by atoms with van der Waals surface area (Å²) in [6.07, 6.45) is 2.91. The summed E-state index contributed by atoms with van der Waals surface area (Å²) in [6, 6.07) is 4.44. The Morgan fingerprint density at radius 3 is 2.65 bits per heavy atom. The van der Waals surface area contributed by atoms with Crippen LogP contribution in [0, 0.1) is 10.1 Å². The average Bonchev–Trinajstić information content (AvgIpc) is 2.46. The molecule has 0 spiro atoms. The fraction of sp³-hybridized carbons (Fsp3) is 0.167. The predicted octanol–water partition coefficient (Wildman–Crippen LogP) is 2.81. The molecule has 1 heterocycles. The number of ether oxygens (including phenoxy) is 1. The van der Waals surface area contributed by atoms with Crippen molar-refractivity contribution in [1.82, 2.24) is 9.97 Å². The summed E-state index contributed by atoms with van der Waals surface area (Å²) in [5.41, 5.74) is 0.242. The van der Waals surface area contributed by atoms with E-state index >= 15 is 0 Å². The van der Waals surface area contributed by atoms with E-state index in [1.54, 1.807) is 13.1 Å². The van der Waals surface area contributed by atoms with Crippen molar-refractivity contribution in [3.63, 3.8) is 0 Å². The third-order valence-corrected chi connectivity index (χ3v) is 2.96. The Balaban J connectivity index is 2.55. The van der Waals surface area contributed by atoms with Gasteiger partial charge in [0.2, 0.25) is 0 Å². The van der Waals surface area contributed by atoms with Gasteiger partial charge in [-0.15, -0.1) is 0 Å². The number of hydrogen-bond acceptors (Lipinski definition) is 6. The molecule has 20 heavy (non-hydrogen) atoms. The van der Waals surface area contributed by atoms with Gasteiger partial charge in [0.15, 0.2) is 11.0 Å². The van der Waals surface area contributed by atoms with E-state index in [1.165, 1.54) is 36.5 Å². The molecule has 2 aromatic rings. The van der Waals surface area contributed by atoms with E-state index in [0.29, 0.717) is 17.3 Å². The highest BCUT2D eigenvalue weighted by atomic mass is 35.5. The first kappa shape index (κ1) is 14.0. The Morgan fingerprint density at radius 1 is 1.35 bits per heavy atom. The lowest BCUT2D eigenvalue weighted by Gasteiger charge is -2.19. The number of nitrogens with zero attached hydrogens (tertiary/aromatic N) is 4. The van der Waals surface area contributed by atoms with Crippen molar-refractivity contribution in [3.05, 3.63) is 45.9 Å². The monoisotopic (exact) mass is 294 g/mol. The van der Waals surface area contributed by atoms with Crippen LogP contribution in [0.4, 0.5) is 17.2 Å². The van der Waals surface area contributed by atoms with E-state index in [2.05, 4.69) is 9.97 Å². The summed E-state index contributed by atoms with van der Waals surface area (Å²) in [4.78, 5) is 20.1. The van der Waals surface area contributed by atoms with Crippen LogP contribution in [0.3, 0.4) is 0 Å². The van der Waals surface area contributed by atoms with Crippen molar-refractivity contribution in [3.8, 4) is 5.75 Å². The molecule has 0 fully saturated rings. The molecule has 0 saturated heterocycles. The van der Waals surface area contributed by atoms with E-state index in [4.69, 9.17) is 16.3 Å². The summed E-state index contributed by atoms with van der Waals surface area (Å²) in [5.74, 6) is 0.822. The molecule has 0 aliphatic rings. The second-order valence-corrected chi connectivity index (χ2v) is 4.20. The molecule has 0 aliphatic carbocycles. The molecule has 0 saturated carbocycles. The number of nitro benzene ring substituents is 1. The van der Waals surface area contributed by atoms with Gasteiger partial charge in [-0.3, -0.25) is 10.1 Å². The van der Waals surface area contributed by atoms with E-state index in [9.17, 15) is 10.1 Å². The SMILES string of the molecule is COc1ccc([N+](=O)[O-])c(N(C)c2nccnc2Cl)c1. The lowest BCUT2D eigenvalue weighted by molar-refractivity contribution is -0.384. The van der Waals surface area contributed by atoms with Crippen LogP contribution in [0.2, 0.25) is 5.15 Å². The molecule has 0 bridgehead atoms. The molecule has 0 radical (unpaired) electrons. The minimum atomic E-state index is -0.477. The number of methoxy groups -OCH3 is 1. The zero-order valence-electron chi connectivity index (χ0n) is 10.8. The smallest absolute Gasteiger partial charge is 0.293 e. The largest absolute Gasteiger partial charge is 0.497 e. The van der Waals surface area contributed by atoms with E-state index in [-0.39, 0.29) is 10.8 Å². The number of hydrogen-bond donors (Lipinski definition) is 0. The molecular weight excluding hydrogens is 284 g/mol. The van der Waals surface area contributed by atoms with Crippen LogP contribution in [0.25, 0.3) is 0 Å². The minimum Gasteiger partial charge on any atom is -0.497 e. The standard InChI is InChI=1S/C12H11ClN4O3/c1-16(12-11(13)14-5-6-15-12)10-7-8(20-2)3-4-9(10)17(18)19/h3-7H,1-2H3. The molecule has 8 heteroatoms. The van der Waals surface area contributed by atoms with Crippen LogP contribution in [0.5, 0.6) is 5.75 Å². The molecular formula is C12H11ClN4O3. The zero-order valence-corrected chi connectivity index (χ0v) is 11.5. The number of anilines is 2. The van der Waals surface area contributed by atoms with Gasteiger partial charge in [0, 0.05) is 31.6 Å². The molecule has 7 nitrogen and oxygen atoms in total. The molecule has 1 aromatic heterocycles. The van der Waals surface area contributed by atoms with Gasteiger partial charge in [-0.2, -0.15) is 0 Å². The molecule has 104 valence electrons. The number of rotatable bonds is 4. The zero-order chi connectivity index (χ0) is 14.7. The summed E-state index contributed by atoms with van der Waals surface area (Å²) in [7, 11) is 3.11. The van der Waals surface area contributed by atoms with Crippen molar-refractivity contribution in [1.29, 1.82) is 0 Å². The van der Waals surface area contributed by atoms with Crippen molar-refractivity contribution < 1.29 is 9.66 Å². The Kier molecular flexibility index (Phi) is 3.99. The van der Waals surface area contributed by atoms with E-state index in [0.717, 1.165) is 0 Å². The first-order valence-corrected chi connectivity index (χ1v) is 5.95. The average molecular weight is 295 g/mol. The van der Waals surface area contributed by atoms with Crippen LogP contribution in [0.1, 0.15) is 0 Å². The highest BCUT2D eigenvalue weighted by molar-refractivity contribution is 6.31. The molecule has 2 rings (SSSR count). The first-order valence-electron chi connectivity index (χ1n) is 5.57. The lowest BCUT2D eigenvalue weighted by Crippen LogP contribution is -2.14. The lowest BCUT2D eigenvalue weighted by atomic mass is 10.2. The molecule has 0 unspecified atom stereocenters. The van der Waals surface area contributed by atoms with Crippen molar-refractivity contribution in [2.24, 2.45) is 0 Å². The second kappa shape index (κ2) is 5.70. The van der Waals surface area contributed by atoms with Crippen LogP contribution in [-0.2, 0) is 0 Å². The Labute approximate surface area is 119 Å². The summed E-state index contributed by atoms with van der Waals surface area (Å²) in [5, 5.41) is 11.3. The Bertz CT molecular complexity index is 650. The molecule has 1 aromatic carbocycles. The van der Waals surface area contributed by atoms with Gasteiger partial charge >= 0.3 is 0 Å². The van der Waals surface area contributed by atoms with Crippen molar-refractivity contribution >= 4 is 28.8 Å². The number of benzene rings is 1. The van der Waals surface area contributed by atoms with Gasteiger partial charge in [-0.05, 0) is 6.07 Å². The summed E-state index contributed by atoms with van der Waals surface area (Å²) >= 11 is 5.96. The third-order valence-electron chi connectivity index (χ3n) is 2.69. The maximum Gasteiger partial charge on any atom is 0.293 e. The van der Waals surface area contributed by atoms with Crippen LogP contribution < -0.4 is 9.64 Å². The minimum absolute atomic E-state index is 0.0741. The Morgan fingerprint density at radius 2 is 2.05 bits per heavy atom. The van der Waals surface area contributed by atoms with Gasteiger partial charge in [0.1, 0.15) is 11.4 Å².